The standard InChI is InChI=1S/C40H28O/c1-39(2)33-19-9-10-21-36(33)41-37-23-22-25(24-35(37)39)26-15-11-20-34-38(26)29-14-5-8-18-32(29)40(34)30-16-6-3-12-27(30)28-13-4-7-17-31(28)40/h3-24H,1-2H3. The quantitative estimate of drug-likeness (QED) is 0.208. The first kappa shape index (κ1) is 22.9. The van der Waals surface area contributed by atoms with Crippen LogP contribution in [0.2, 0.25) is 0 Å². The van der Waals surface area contributed by atoms with E-state index in [-0.39, 0.29) is 10.8 Å². The van der Waals surface area contributed by atoms with Crippen molar-refractivity contribution in [2.45, 2.75) is 24.7 Å². The average Bonchev–Trinajstić information content (AvgIpc) is 3.49. The lowest BCUT2D eigenvalue weighted by Crippen LogP contribution is -2.25. The SMILES string of the molecule is CC1(C)c2ccccc2Oc2ccc(-c3cccc4c3-c3ccccc3C43c4ccccc4-c4ccccc43)cc21. The monoisotopic (exact) mass is 524 g/mol. The lowest BCUT2D eigenvalue weighted by atomic mass is 9.70. The molecular formula is C40H28O. The molecular weight excluding hydrogens is 496 g/mol. The van der Waals surface area contributed by atoms with Crippen molar-refractivity contribution in [1.82, 2.24) is 0 Å². The maximum Gasteiger partial charge on any atom is 0.131 e. The molecule has 41 heavy (non-hydrogen) atoms. The molecule has 0 N–H and O–H groups in total. The summed E-state index contributed by atoms with van der Waals surface area (Å²) in [7, 11) is 0. The third kappa shape index (κ3) is 2.76. The Morgan fingerprint density at radius 3 is 1.63 bits per heavy atom. The van der Waals surface area contributed by atoms with Gasteiger partial charge in [-0.05, 0) is 73.8 Å². The van der Waals surface area contributed by atoms with E-state index in [1.54, 1.807) is 0 Å². The number of ether oxygens (including phenoxy) is 1. The largest absolute Gasteiger partial charge is 0.457 e. The van der Waals surface area contributed by atoms with Gasteiger partial charge in [0.1, 0.15) is 11.5 Å². The minimum Gasteiger partial charge on any atom is -0.457 e. The maximum atomic E-state index is 6.41. The van der Waals surface area contributed by atoms with Gasteiger partial charge < -0.3 is 4.74 Å². The summed E-state index contributed by atoms with van der Waals surface area (Å²) < 4.78 is 6.41. The van der Waals surface area contributed by atoms with E-state index in [0.717, 1.165) is 11.5 Å². The first-order valence-electron chi connectivity index (χ1n) is 14.4. The fourth-order valence-electron chi connectivity index (χ4n) is 7.99. The van der Waals surface area contributed by atoms with Crippen LogP contribution in [0.15, 0.2) is 133 Å². The van der Waals surface area contributed by atoms with Crippen LogP contribution in [-0.2, 0) is 10.8 Å². The smallest absolute Gasteiger partial charge is 0.131 e. The first-order valence-corrected chi connectivity index (χ1v) is 14.4. The number of hydrogen-bond donors (Lipinski definition) is 0. The number of para-hydroxylation sites is 1. The Balaban J connectivity index is 1.33. The van der Waals surface area contributed by atoms with E-state index >= 15 is 0 Å². The summed E-state index contributed by atoms with van der Waals surface area (Å²) in [6.07, 6.45) is 0. The Kier molecular flexibility index (Phi) is 4.39. The van der Waals surface area contributed by atoms with E-state index in [9.17, 15) is 0 Å². The average molecular weight is 525 g/mol. The van der Waals surface area contributed by atoms with Crippen LogP contribution in [0.4, 0.5) is 0 Å². The molecule has 0 fully saturated rings. The lowest BCUT2D eigenvalue weighted by Gasteiger charge is -2.35. The van der Waals surface area contributed by atoms with Crippen molar-refractivity contribution in [2.75, 3.05) is 0 Å². The predicted molar refractivity (Wildman–Crippen MR) is 167 cm³/mol. The van der Waals surface area contributed by atoms with Gasteiger partial charge in [0.05, 0.1) is 5.41 Å². The lowest BCUT2D eigenvalue weighted by molar-refractivity contribution is 0.418. The summed E-state index contributed by atoms with van der Waals surface area (Å²) in [6.45, 7) is 4.62. The Morgan fingerprint density at radius 2 is 0.927 bits per heavy atom. The van der Waals surface area contributed by atoms with Crippen LogP contribution in [0, 0.1) is 0 Å². The molecule has 6 aromatic carbocycles. The highest BCUT2D eigenvalue weighted by Crippen LogP contribution is 2.64. The zero-order valence-corrected chi connectivity index (χ0v) is 23.1. The molecule has 0 aromatic heterocycles. The summed E-state index contributed by atoms with van der Waals surface area (Å²) in [5, 5.41) is 0. The molecule has 6 aromatic rings. The number of hydrogen-bond acceptors (Lipinski definition) is 1. The van der Waals surface area contributed by atoms with Gasteiger partial charge in [-0.3, -0.25) is 0 Å². The third-order valence-electron chi connectivity index (χ3n) is 9.77. The van der Waals surface area contributed by atoms with Gasteiger partial charge in [-0.2, -0.15) is 0 Å². The molecule has 0 amide bonds. The zero-order chi connectivity index (χ0) is 27.3. The minimum absolute atomic E-state index is 0.166. The first-order chi connectivity index (χ1) is 20.1. The predicted octanol–water partition coefficient (Wildman–Crippen LogP) is 10.1. The molecule has 1 spiro atoms. The van der Waals surface area contributed by atoms with Crippen molar-refractivity contribution < 1.29 is 4.74 Å². The highest BCUT2D eigenvalue weighted by atomic mass is 16.5. The summed E-state index contributed by atoms with van der Waals surface area (Å²) in [5.74, 6) is 1.90. The van der Waals surface area contributed by atoms with Crippen LogP contribution in [0.3, 0.4) is 0 Å². The molecule has 0 bridgehead atoms. The molecule has 1 nitrogen and oxygen atoms in total. The third-order valence-corrected chi connectivity index (χ3v) is 9.77. The fraction of sp³-hybridized carbons (Fsp3) is 0.100. The van der Waals surface area contributed by atoms with E-state index in [1.165, 1.54) is 66.8 Å². The molecule has 3 aliphatic rings. The Hall–Kier alpha value is -4.88. The molecule has 1 heteroatoms. The topological polar surface area (TPSA) is 9.23 Å². The second-order valence-electron chi connectivity index (χ2n) is 12.0. The van der Waals surface area contributed by atoms with E-state index in [2.05, 4.69) is 141 Å². The normalized spacial score (nSPS) is 15.7. The molecule has 0 saturated heterocycles. The van der Waals surface area contributed by atoms with Gasteiger partial charge >= 0.3 is 0 Å². The second-order valence-corrected chi connectivity index (χ2v) is 12.0. The van der Waals surface area contributed by atoms with Gasteiger partial charge in [-0.25, -0.2) is 0 Å². The van der Waals surface area contributed by atoms with Crippen molar-refractivity contribution in [3.63, 3.8) is 0 Å². The molecule has 0 radical (unpaired) electrons. The van der Waals surface area contributed by atoms with Gasteiger partial charge in [-0.1, -0.05) is 129 Å². The van der Waals surface area contributed by atoms with E-state index in [1.807, 2.05) is 6.07 Å². The van der Waals surface area contributed by atoms with Gasteiger partial charge in [-0.15, -0.1) is 0 Å². The highest BCUT2D eigenvalue weighted by Gasteiger charge is 2.52. The van der Waals surface area contributed by atoms with Crippen LogP contribution >= 0.6 is 0 Å². The van der Waals surface area contributed by atoms with Crippen molar-refractivity contribution in [3.05, 3.63) is 167 Å². The molecule has 9 rings (SSSR count). The van der Waals surface area contributed by atoms with E-state index in [0.29, 0.717) is 0 Å². The number of benzene rings is 6. The summed E-state index contributed by atoms with van der Waals surface area (Å²) in [5.41, 5.74) is 15.3. The van der Waals surface area contributed by atoms with Gasteiger partial charge in [0.15, 0.2) is 0 Å². The van der Waals surface area contributed by atoms with Crippen molar-refractivity contribution in [2.24, 2.45) is 0 Å². The van der Waals surface area contributed by atoms with Gasteiger partial charge in [0, 0.05) is 16.5 Å². The minimum atomic E-state index is -0.329. The molecule has 0 unspecified atom stereocenters. The van der Waals surface area contributed by atoms with Crippen molar-refractivity contribution in [1.29, 1.82) is 0 Å². The summed E-state index contributed by atoms with van der Waals surface area (Å²) in [4.78, 5) is 0. The molecule has 2 aliphatic carbocycles. The Labute approximate surface area is 240 Å². The van der Waals surface area contributed by atoms with Gasteiger partial charge in [0.25, 0.3) is 0 Å². The Morgan fingerprint density at radius 1 is 0.415 bits per heavy atom. The summed E-state index contributed by atoms with van der Waals surface area (Å²) >= 11 is 0. The molecule has 1 aliphatic heterocycles. The fourth-order valence-corrected chi connectivity index (χ4v) is 7.99. The van der Waals surface area contributed by atoms with Crippen molar-refractivity contribution >= 4 is 0 Å². The summed E-state index contributed by atoms with van der Waals surface area (Å²) in [6, 6.07) is 49.1. The van der Waals surface area contributed by atoms with E-state index in [4.69, 9.17) is 4.74 Å². The highest BCUT2D eigenvalue weighted by molar-refractivity contribution is 6.00. The van der Waals surface area contributed by atoms with Crippen LogP contribution in [0.5, 0.6) is 11.5 Å². The zero-order valence-electron chi connectivity index (χ0n) is 23.1. The van der Waals surface area contributed by atoms with E-state index < -0.39 is 0 Å². The number of rotatable bonds is 1. The maximum absolute atomic E-state index is 6.41. The van der Waals surface area contributed by atoms with Crippen molar-refractivity contribution in [3.8, 4) is 44.9 Å². The number of fused-ring (bicyclic) bond motifs is 12. The molecule has 0 saturated carbocycles. The molecule has 0 atom stereocenters. The molecule has 1 heterocycles. The van der Waals surface area contributed by atoms with Crippen LogP contribution in [-0.4, -0.2) is 0 Å². The second kappa shape index (κ2) is 7.86. The Bertz CT molecular complexity index is 2020. The van der Waals surface area contributed by atoms with Crippen LogP contribution in [0.25, 0.3) is 33.4 Å². The van der Waals surface area contributed by atoms with Gasteiger partial charge in [0.2, 0.25) is 0 Å². The van der Waals surface area contributed by atoms with Crippen LogP contribution < -0.4 is 4.74 Å². The molecule has 194 valence electrons. The van der Waals surface area contributed by atoms with Crippen LogP contribution in [0.1, 0.15) is 47.2 Å².